The first kappa shape index (κ1) is 26.2. The Morgan fingerprint density at radius 1 is 1.03 bits per heavy atom. The molecule has 0 heterocycles. The van der Waals surface area contributed by atoms with Crippen LogP contribution in [0, 0.1) is 45.3 Å². The summed E-state index contributed by atoms with van der Waals surface area (Å²) < 4.78 is 5.63. The molecule has 2 nitrogen and oxygen atoms in total. The van der Waals surface area contributed by atoms with Crippen LogP contribution in [-0.4, -0.2) is 23.9 Å². The largest absolute Gasteiger partial charge is 0.393 e. The van der Waals surface area contributed by atoms with E-state index in [2.05, 4.69) is 86.6 Å². The molecule has 0 radical (unpaired) electrons. The van der Waals surface area contributed by atoms with Crippen molar-refractivity contribution in [3.63, 3.8) is 0 Å². The highest BCUT2D eigenvalue weighted by Gasteiger charge is 2.63. The first-order valence-electron chi connectivity index (χ1n) is 14.0. The zero-order valence-electron chi connectivity index (χ0n) is 23.8. The molecule has 0 spiro atoms. The molecular weight excluding hydrogens is 416 g/mol. The normalized spacial score (nSPS) is 43.4. The maximum absolute atomic E-state index is 10.8. The molecule has 0 saturated heterocycles. The number of hydrogen-bond acceptors (Lipinski definition) is 2. The third-order valence-corrected chi connectivity index (χ3v) is 12.1. The van der Waals surface area contributed by atoms with Crippen molar-refractivity contribution in [3.05, 3.63) is 35.5 Å². The lowest BCUT2D eigenvalue weighted by Gasteiger charge is -2.61. The lowest BCUT2D eigenvalue weighted by atomic mass is 9.44. The predicted molar refractivity (Wildman–Crippen MR) is 144 cm³/mol. The van der Waals surface area contributed by atoms with Gasteiger partial charge in [0.05, 0.1) is 11.7 Å². The molecule has 4 aliphatic carbocycles. The third-order valence-electron chi connectivity index (χ3n) is 12.1. The van der Waals surface area contributed by atoms with Crippen LogP contribution in [0.15, 0.2) is 35.5 Å². The van der Waals surface area contributed by atoms with Crippen LogP contribution in [0.25, 0.3) is 0 Å². The molecule has 4 rings (SSSR count). The minimum absolute atomic E-state index is 0.0258. The molecule has 192 valence electrons. The Labute approximate surface area is 210 Å². The molecule has 0 bridgehead atoms. The number of aliphatic hydroxyl groups excluding tert-OH is 1. The second-order valence-corrected chi connectivity index (χ2v) is 14.3. The van der Waals surface area contributed by atoms with Crippen molar-refractivity contribution in [2.75, 3.05) is 7.11 Å². The summed E-state index contributed by atoms with van der Waals surface area (Å²) in [4.78, 5) is 0. The summed E-state index contributed by atoms with van der Waals surface area (Å²) in [6, 6.07) is 0. The van der Waals surface area contributed by atoms with Gasteiger partial charge in [-0.25, -0.2) is 0 Å². The number of aliphatic hydroxyl groups is 1. The van der Waals surface area contributed by atoms with E-state index in [9.17, 15) is 5.11 Å². The van der Waals surface area contributed by atoms with E-state index < -0.39 is 0 Å². The molecule has 1 unspecified atom stereocenters. The summed E-state index contributed by atoms with van der Waals surface area (Å²) in [5.41, 5.74) is 3.83. The molecule has 0 aromatic rings. The van der Waals surface area contributed by atoms with Crippen LogP contribution in [0.2, 0.25) is 0 Å². The maximum Gasteiger partial charge on any atom is 0.0802 e. The Kier molecular flexibility index (Phi) is 6.43. The monoisotopic (exact) mass is 468 g/mol. The molecule has 34 heavy (non-hydrogen) atoms. The Hall–Kier alpha value is -0.860. The molecule has 8 atom stereocenters. The highest BCUT2D eigenvalue weighted by molar-refractivity contribution is 5.49. The Morgan fingerprint density at radius 3 is 2.35 bits per heavy atom. The highest BCUT2D eigenvalue weighted by atomic mass is 16.5. The van der Waals surface area contributed by atoms with Gasteiger partial charge in [-0.05, 0) is 109 Å². The van der Waals surface area contributed by atoms with Gasteiger partial charge >= 0.3 is 0 Å². The fourth-order valence-corrected chi connectivity index (χ4v) is 8.87. The van der Waals surface area contributed by atoms with Crippen molar-refractivity contribution < 1.29 is 9.84 Å². The Bertz CT molecular complexity index is 891. The number of methoxy groups -OCH3 is 1. The van der Waals surface area contributed by atoms with Gasteiger partial charge < -0.3 is 9.84 Å². The second-order valence-electron chi connectivity index (χ2n) is 14.3. The summed E-state index contributed by atoms with van der Waals surface area (Å²) >= 11 is 0. The second kappa shape index (κ2) is 8.34. The van der Waals surface area contributed by atoms with E-state index in [1.165, 1.54) is 19.3 Å². The number of fused-ring (bicyclic) bond motifs is 5. The number of rotatable bonds is 5. The predicted octanol–water partition coefficient (Wildman–Crippen LogP) is 8.13. The zero-order chi connectivity index (χ0) is 25.3. The van der Waals surface area contributed by atoms with Gasteiger partial charge in [0.15, 0.2) is 0 Å². The molecule has 2 fully saturated rings. The molecule has 0 aromatic heterocycles. The average molecular weight is 469 g/mol. The van der Waals surface area contributed by atoms with Gasteiger partial charge in [0.2, 0.25) is 0 Å². The summed E-state index contributed by atoms with van der Waals surface area (Å²) in [5.74, 6) is 2.42. The van der Waals surface area contributed by atoms with Gasteiger partial charge in [-0.15, -0.1) is 0 Å². The van der Waals surface area contributed by atoms with Crippen molar-refractivity contribution in [3.8, 4) is 0 Å². The minimum Gasteiger partial charge on any atom is -0.393 e. The summed E-state index contributed by atoms with van der Waals surface area (Å²) in [6.45, 7) is 21.5. The van der Waals surface area contributed by atoms with E-state index in [1.807, 2.05) is 0 Å². The molecule has 0 aliphatic heterocycles. The van der Waals surface area contributed by atoms with Crippen molar-refractivity contribution in [2.24, 2.45) is 45.3 Å². The van der Waals surface area contributed by atoms with Gasteiger partial charge in [-0.3, -0.25) is 0 Å². The average Bonchev–Trinajstić information content (AvgIpc) is 3.06. The van der Waals surface area contributed by atoms with E-state index in [0.29, 0.717) is 23.2 Å². The number of allylic oxidation sites excluding steroid dienone is 5. The van der Waals surface area contributed by atoms with E-state index in [1.54, 1.807) is 18.3 Å². The van der Waals surface area contributed by atoms with Crippen LogP contribution in [0.1, 0.15) is 101 Å². The maximum atomic E-state index is 10.8. The zero-order valence-corrected chi connectivity index (χ0v) is 23.8. The third kappa shape index (κ3) is 3.64. The fraction of sp³-hybridized carbons (Fsp3) is 0.812. The van der Waals surface area contributed by atoms with E-state index >= 15 is 0 Å². The first-order valence-corrected chi connectivity index (χ1v) is 14.0. The van der Waals surface area contributed by atoms with E-state index in [4.69, 9.17) is 4.74 Å². The molecular formula is C32H52O2. The van der Waals surface area contributed by atoms with Gasteiger partial charge in [0, 0.05) is 7.11 Å². The summed E-state index contributed by atoms with van der Waals surface area (Å²) in [5, 5.41) is 10.8. The van der Waals surface area contributed by atoms with Crippen LogP contribution in [-0.2, 0) is 4.74 Å². The highest BCUT2D eigenvalue weighted by Crippen LogP contribution is 2.71. The molecule has 4 aliphatic rings. The summed E-state index contributed by atoms with van der Waals surface area (Å²) in [6.07, 6.45) is 16.7. The lowest BCUT2D eigenvalue weighted by molar-refractivity contribution is -0.0851. The van der Waals surface area contributed by atoms with E-state index in [-0.39, 0.29) is 27.9 Å². The molecule has 2 heteroatoms. The van der Waals surface area contributed by atoms with Crippen LogP contribution in [0.5, 0.6) is 0 Å². The van der Waals surface area contributed by atoms with Gasteiger partial charge in [0.25, 0.3) is 0 Å². The van der Waals surface area contributed by atoms with Gasteiger partial charge in [-0.1, -0.05) is 72.8 Å². The smallest absolute Gasteiger partial charge is 0.0802 e. The molecule has 2 saturated carbocycles. The van der Waals surface area contributed by atoms with Gasteiger partial charge in [0.1, 0.15) is 0 Å². The summed E-state index contributed by atoms with van der Waals surface area (Å²) in [7, 11) is 1.80. The van der Waals surface area contributed by atoms with Crippen LogP contribution < -0.4 is 0 Å². The van der Waals surface area contributed by atoms with Crippen molar-refractivity contribution in [1.29, 1.82) is 0 Å². The van der Waals surface area contributed by atoms with Crippen LogP contribution in [0.3, 0.4) is 0 Å². The van der Waals surface area contributed by atoms with Crippen molar-refractivity contribution in [1.82, 2.24) is 0 Å². The standard InChI is InChI=1S/C32H52O2/c1-21(13-17-28(3,4)34-10)22(2)23-14-19-32(9)25-11-12-26-29(5,6)27(33)16-18-30(26,7)24(25)15-20-31(23,32)8/h11,13,15,17,21-23,26-27,33H,12,14,16,18-20H2,1-10H3/t21-,22+,23+,26?,27-,30+,31+,32-/m0/s1. The molecule has 1 N–H and O–H groups in total. The molecule has 0 aromatic carbocycles. The van der Waals surface area contributed by atoms with E-state index in [0.717, 1.165) is 25.2 Å². The van der Waals surface area contributed by atoms with Gasteiger partial charge in [-0.2, -0.15) is 0 Å². The minimum atomic E-state index is -0.204. The quantitative estimate of drug-likeness (QED) is 0.413. The SMILES string of the molecule is COC(C)(C)C=C[C@H](C)[C@@H](C)[C@H]1CC[C@@]2(C)C3=CCC4C(C)(C)[C@@H](O)CC[C@]4(C)C3=CC[C@]12C. The Morgan fingerprint density at radius 2 is 1.71 bits per heavy atom. The van der Waals surface area contributed by atoms with Crippen molar-refractivity contribution in [2.45, 2.75) is 113 Å². The fourth-order valence-electron chi connectivity index (χ4n) is 8.87. The Balaban J connectivity index is 1.65. The van der Waals surface area contributed by atoms with Crippen LogP contribution in [0.4, 0.5) is 0 Å². The number of ether oxygens (including phenoxy) is 1. The number of hydrogen-bond donors (Lipinski definition) is 1. The topological polar surface area (TPSA) is 29.5 Å². The lowest BCUT2D eigenvalue weighted by Crippen LogP contribution is -2.54. The van der Waals surface area contributed by atoms with Crippen molar-refractivity contribution >= 4 is 0 Å². The van der Waals surface area contributed by atoms with Crippen LogP contribution >= 0.6 is 0 Å². The molecule has 0 amide bonds. The first-order chi connectivity index (χ1) is 15.6.